The molecule has 0 radical (unpaired) electrons. The summed E-state index contributed by atoms with van der Waals surface area (Å²) in [6.45, 7) is 3.88. The molecule has 0 saturated carbocycles. The third-order valence-electron chi connectivity index (χ3n) is 3.83. The standard InChI is InChI=1S/C16H23BrFNO/c1-2-19-16(7-3-5-13-6-4-10-20-13)14-11-12(18)8-9-15(14)17/h8-9,11,13,16,19H,2-7,10H2,1H3. The summed E-state index contributed by atoms with van der Waals surface area (Å²) in [5.74, 6) is -0.176. The number of rotatable bonds is 7. The van der Waals surface area contributed by atoms with E-state index in [2.05, 4.69) is 28.2 Å². The fourth-order valence-electron chi connectivity index (χ4n) is 2.82. The van der Waals surface area contributed by atoms with Crippen molar-refractivity contribution in [2.24, 2.45) is 0 Å². The third-order valence-corrected chi connectivity index (χ3v) is 4.55. The van der Waals surface area contributed by atoms with Gasteiger partial charge in [0.2, 0.25) is 0 Å². The maximum atomic E-state index is 13.4. The lowest BCUT2D eigenvalue weighted by molar-refractivity contribution is 0.101. The minimum atomic E-state index is -0.176. The maximum absolute atomic E-state index is 13.4. The van der Waals surface area contributed by atoms with E-state index in [-0.39, 0.29) is 11.9 Å². The number of benzene rings is 1. The molecule has 1 N–H and O–H groups in total. The van der Waals surface area contributed by atoms with Gasteiger partial charge in [0, 0.05) is 17.1 Å². The Hall–Kier alpha value is -0.450. The Morgan fingerprint density at radius 2 is 2.35 bits per heavy atom. The molecule has 0 bridgehead atoms. The van der Waals surface area contributed by atoms with Gasteiger partial charge in [-0.25, -0.2) is 4.39 Å². The van der Waals surface area contributed by atoms with Gasteiger partial charge in [-0.1, -0.05) is 22.9 Å². The van der Waals surface area contributed by atoms with E-state index in [1.807, 2.05) is 0 Å². The Morgan fingerprint density at radius 3 is 3.05 bits per heavy atom. The lowest BCUT2D eigenvalue weighted by Crippen LogP contribution is -2.22. The van der Waals surface area contributed by atoms with Crippen molar-refractivity contribution in [3.8, 4) is 0 Å². The molecular formula is C16H23BrFNO. The highest BCUT2D eigenvalue weighted by Crippen LogP contribution is 2.29. The molecule has 0 spiro atoms. The van der Waals surface area contributed by atoms with Crippen molar-refractivity contribution < 1.29 is 9.13 Å². The van der Waals surface area contributed by atoms with E-state index in [1.165, 1.54) is 18.9 Å². The lowest BCUT2D eigenvalue weighted by Gasteiger charge is -2.20. The molecular weight excluding hydrogens is 321 g/mol. The molecule has 20 heavy (non-hydrogen) atoms. The molecule has 112 valence electrons. The zero-order valence-electron chi connectivity index (χ0n) is 12.0. The molecule has 1 aliphatic rings. The molecule has 2 atom stereocenters. The SMILES string of the molecule is CCNC(CCCC1CCCO1)c1cc(F)ccc1Br. The first-order valence-electron chi connectivity index (χ1n) is 7.50. The predicted molar refractivity (Wildman–Crippen MR) is 83.3 cm³/mol. The average Bonchev–Trinajstić information content (AvgIpc) is 2.94. The summed E-state index contributed by atoms with van der Waals surface area (Å²) in [6.07, 6.45) is 6.04. The van der Waals surface area contributed by atoms with E-state index >= 15 is 0 Å². The molecule has 1 aliphatic heterocycles. The van der Waals surface area contributed by atoms with Gasteiger partial charge in [-0.2, -0.15) is 0 Å². The lowest BCUT2D eigenvalue weighted by atomic mass is 9.99. The van der Waals surface area contributed by atoms with Gasteiger partial charge in [0.1, 0.15) is 5.82 Å². The highest BCUT2D eigenvalue weighted by molar-refractivity contribution is 9.10. The van der Waals surface area contributed by atoms with Gasteiger partial charge in [0.25, 0.3) is 0 Å². The van der Waals surface area contributed by atoms with Crippen molar-refractivity contribution in [2.75, 3.05) is 13.2 Å². The topological polar surface area (TPSA) is 21.3 Å². The average molecular weight is 344 g/mol. The van der Waals surface area contributed by atoms with Crippen LogP contribution in [-0.2, 0) is 4.74 Å². The van der Waals surface area contributed by atoms with Crippen LogP contribution < -0.4 is 5.32 Å². The highest BCUT2D eigenvalue weighted by Gasteiger charge is 2.18. The van der Waals surface area contributed by atoms with Gasteiger partial charge < -0.3 is 10.1 Å². The maximum Gasteiger partial charge on any atom is 0.123 e. The molecule has 2 unspecified atom stereocenters. The summed E-state index contributed by atoms with van der Waals surface area (Å²) in [5, 5.41) is 3.45. The number of ether oxygens (including phenoxy) is 1. The summed E-state index contributed by atoms with van der Waals surface area (Å²) in [6, 6.07) is 5.10. The Morgan fingerprint density at radius 1 is 1.50 bits per heavy atom. The van der Waals surface area contributed by atoms with E-state index in [0.717, 1.165) is 42.5 Å². The zero-order chi connectivity index (χ0) is 14.4. The first-order chi connectivity index (χ1) is 9.70. The monoisotopic (exact) mass is 343 g/mol. The van der Waals surface area contributed by atoms with Gasteiger partial charge in [0.15, 0.2) is 0 Å². The minimum absolute atomic E-state index is 0.176. The molecule has 2 rings (SSSR count). The number of hydrogen-bond donors (Lipinski definition) is 1. The first-order valence-corrected chi connectivity index (χ1v) is 8.30. The Balaban J connectivity index is 1.93. The fourth-order valence-corrected chi connectivity index (χ4v) is 3.34. The van der Waals surface area contributed by atoms with Crippen LogP contribution >= 0.6 is 15.9 Å². The second kappa shape index (κ2) is 8.11. The van der Waals surface area contributed by atoms with Crippen LogP contribution in [0.2, 0.25) is 0 Å². The molecule has 1 saturated heterocycles. The third kappa shape index (κ3) is 4.54. The number of halogens is 2. The van der Waals surface area contributed by atoms with E-state index in [4.69, 9.17) is 4.74 Å². The first kappa shape index (κ1) is 15.9. The van der Waals surface area contributed by atoms with Gasteiger partial charge >= 0.3 is 0 Å². The van der Waals surface area contributed by atoms with E-state index in [0.29, 0.717) is 6.10 Å². The molecule has 1 fully saturated rings. The Labute approximate surface area is 129 Å². The zero-order valence-corrected chi connectivity index (χ0v) is 13.6. The highest BCUT2D eigenvalue weighted by atomic mass is 79.9. The van der Waals surface area contributed by atoms with Crippen molar-refractivity contribution >= 4 is 15.9 Å². The van der Waals surface area contributed by atoms with Crippen molar-refractivity contribution in [1.82, 2.24) is 5.32 Å². The van der Waals surface area contributed by atoms with E-state index < -0.39 is 0 Å². The molecule has 2 nitrogen and oxygen atoms in total. The van der Waals surface area contributed by atoms with Crippen LogP contribution in [0.25, 0.3) is 0 Å². The van der Waals surface area contributed by atoms with Crippen LogP contribution in [0.5, 0.6) is 0 Å². The summed E-state index contributed by atoms with van der Waals surface area (Å²) in [4.78, 5) is 0. The minimum Gasteiger partial charge on any atom is -0.378 e. The normalized spacial score (nSPS) is 20.2. The molecule has 1 heterocycles. The van der Waals surface area contributed by atoms with Crippen LogP contribution in [0.15, 0.2) is 22.7 Å². The second-order valence-corrected chi connectivity index (χ2v) is 6.20. The summed E-state index contributed by atoms with van der Waals surface area (Å²) >= 11 is 3.53. The van der Waals surface area contributed by atoms with Crippen LogP contribution in [0.4, 0.5) is 4.39 Å². The Bertz CT molecular complexity index is 421. The molecule has 0 amide bonds. The molecule has 1 aromatic rings. The largest absolute Gasteiger partial charge is 0.378 e. The molecule has 0 aromatic heterocycles. The smallest absolute Gasteiger partial charge is 0.123 e. The van der Waals surface area contributed by atoms with Crippen molar-refractivity contribution in [3.63, 3.8) is 0 Å². The van der Waals surface area contributed by atoms with Crippen LogP contribution in [0.3, 0.4) is 0 Å². The van der Waals surface area contributed by atoms with Gasteiger partial charge in [-0.15, -0.1) is 0 Å². The van der Waals surface area contributed by atoms with Crippen molar-refractivity contribution in [3.05, 3.63) is 34.1 Å². The van der Waals surface area contributed by atoms with Gasteiger partial charge in [-0.05, 0) is 62.4 Å². The summed E-state index contributed by atoms with van der Waals surface area (Å²) < 4.78 is 20.1. The van der Waals surface area contributed by atoms with Gasteiger partial charge in [-0.3, -0.25) is 0 Å². The second-order valence-electron chi connectivity index (χ2n) is 5.34. The van der Waals surface area contributed by atoms with E-state index in [9.17, 15) is 4.39 Å². The summed E-state index contributed by atoms with van der Waals surface area (Å²) in [7, 11) is 0. The van der Waals surface area contributed by atoms with Crippen molar-refractivity contribution in [2.45, 2.75) is 51.2 Å². The van der Waals surface area contributed by atoms with Crippen molar-refractivity contribution in [1.29, 1.82) is 0 Å². The van der Waals surface area contributed by atoms with Gasteiger partial charge in [0.05, 0.1) is 6.10 Å². The quantitative estimate of drug-likeness (QED) is 0.781. The predicted octanol–water partition coefficient (Wildman–Crippen LogP) is 4.59. The Kier molecular flexibility index (Phi) is 6.46. The number of nitrogens with one attached hydrogen (secondary N) is 1. The van der Waals surface area contributed by atoms with Crippen LogP contribution in [-0.4, -0.2) is 19.3 Å². The van der Waals surface area contributed by atoms with Crippen LogP contribution in [0.1, 0.15) is 50.6 Å². The molecule has 1 aromatic carbocycles. The molecule has 0 aliphatic carbocycles. The fraction of sp³-hybridized carbons (Fsp3) is 0.625. The number of hydrogen-bond acceptors (Lipinski definition) is 2. The molecule has 4 heteroatoms. The summed E-state index contributed by atoms with van der Waals surface area (Å²) in [5.41, 5.74) is 1.01. The van der Waals surface area contributed by atoms with Crippen LogP contribution in [0, 0.1) is 5.82 Å². The van der Waals surface area contributed by atoms with E-state index in [1.54, 1.807) is 12.1 Å².